The molecule has 4 heterocycles. The van der Waals surface area contributed by atoms with E-state index in [4.69, 9.17) is 0 Å². The largest absolute Gasteiger partial charge is 0.335 e. The topological polar surface area (TPSA) is 106 Å². The molecule has 1 fully saturated rings. The van der Waals surface area contributed by atoms with Crippen molar-refractivity contribution in [3.8, 4) is 0 Å². The van der Waals surface area contributed by atoms with E-state index in [-0.39, 0.29) is 23.9 Å². The van der Waals surface area contributed by atoms with Gasteiger partial charge in [-0.3, -0.25) is 9.48 Å². The summed E-state index contributed by atoms with van der Waals surface area (Å²) < 4.78 is 29.6. The van der Waals surface area contributed by atoms with Crippen molar-refractivity contribution in [1.29, 1.82) is 0 Å². The van der Waals surface area contributed by atoms with Gasteiger partial charge in [0.25, 0.3) is 5.91 Å². The first kappa shape index (κ1) is 16.7. The Bertz CT molecular complexity index is 1030. The fraction of sp³-hybridized carbons (Fsp3) is 0.333. The van der Waals surface area contributed by atoms with Crippen LogP contribution in [-0.4, -0.2) is 74.1 Å². The number of carbonyl (C=O) groups is 1. The normalized spacial score (nSPS) is 16.3. The number of hydrogen-bond donors (Lipinski definition) is 0. The maximum Gasteiger partial charge on any atom is 0.274 e. The summed E-state index contributed by atoms with van der Waals surface area (Å²) >= 11 is 0. The molecule has 1 amide bonds. The number of hydrogen-bond acceptors (Lipinski definition) is 6. The number of fused-ring (bicyclic) bond motifs is 1. The zero-order chi connectivity index (χ0) is 18.3. The Hall–Kier alpha value is -2.79. The Morgan fingerprint density at radius 3 is 2.62 bits per heavy atom. The summed E-state index contributed by atoms with van der Waals surface area (Å²) in [6.07, 6.45) is 6.15. The van der Waals surface area contributed by atoms with E-state index in [0.29, 0.717) is 24.4 Å². The van der Waals surface area contributed by atoms with Gasteiger partial charge >= 0.3 is 0 Å². The van der Waals surface area contributed by atoms with Crippen LogP contribution in [0.1, 0.15) is 10.5 Å². The first-order valence-corrected chi connectivity index (χ1v) is 9.47. The maximum atomic E-state index is 12.6. The second-order valence-corrected chi connectivity index (χ2v) is 7.94. The molecular weight excluding hydrogens is 358 g/mol. The minimum absolute atomic E-state index is 0.159. The lowest BCUT2D eigenvalue weighted by atomic mass is 10.3. The Balaban J connectivity index is 1.47. The first-order chi connectivity index (χ1) is 12.4. The van der Waals surface area contributed by atoms with Crippen molar-refractivity contribution < 1.29 is 13.2 Å². The van der Waals surface area contributed by atoms with Crippen LogP contribution in [0.3, 0.4) is 0 Å². The molecule has 1 saturated heterocycles. The number of aromatic nitrogens is 5. The molecule has 136 valence electrons. The number of piperazine rings is 1. The summed E-state index contributed by atoms with van der Waals surface area (Å²) in [5.74, 6) is -0.228. The Labute approximate surface area is 149 Å². The van der Waals surface area contributed by atoms with Crippen molar-refractivity contribution in [2.75, 3.05) is 26.2 Å². The molecule has 1 aliphatic heterocycles. The maximum absolute atomic E-state index is 12.6. The van der Waals surface area contributed by atoms with Crippen LogP contribution in [0.25, 0.3) is 5.65 Å². The van der Waals surface area contributed by atoms with Gasteiger partial charge in [0.1, 0.15) is 4.90 Å². The van der Waals surface area contributed by atoms with E-state index in [0.717, 1.165) is 0 Å². The van der Waals surface area contributed by atoms with Crippen LogP contribution < -0.4 is 0 Å². The van der Waals surface area contributed by atoms with Crippen LogP contribution in [-0.2, 0) is 17.1 Å². The molecule has 0 aromatic carbocycles. The fourth-order valence-electron chi connectivity index (χ4n) is 2.91. The molecule has 26 heavy (non-hydrogen) atoms. The van der Waals surface area contributed by atoms with Gasteiger partial charge in [0.05, 0.1) is 6.20 Å². The average Bonchev–Trinajstić information content (AvgIpc) is 3.27. The molecule has 1 aliphatic rings. The minimum atomic E-state index is -3.59. The molecule has 11 heteroatoms. The molecule has 0 aliphatic carbocycles. The summed E-state index contributed by atoms with van der Waals surface area (Å²) in [7, 11) is -1.93. The van der Waals surface area contributed by atoms with E-state index < -0.39 is 10.0 Å². The third-order valence-electron chi connectivity index (χ3n) is 4.30. The highest BCUT2D eigenvalue weighted by atomic mass is 32.2. The van der Waals surface area contributed by atoms with Gasteiger partial charge in [-0.1, -0.05) is 0 Å². The van der Waals surface area contributed by atoms with Crippen molar-refractivity contribution >= 4 is 21.6 Å². The molecule has 0 unspecified atom stereocenters. The second kappa shape index (κ2) is 6.18. The quantitative estimate of drug-likeness (QED) is 0.617. The van der Waals surface area contributed by atoms with Crippen LogP contribution in [0.5, 0.6) is 0 Å². The summed E-state index contributed by atoms with van der Waals surface area (Å²) in [6.45, 7) is 1.07. The molecule has 3 aromatic heterocycles. The van der Waals surface area contributed by atoms with E-state index in [1.165, 1.54) is 25.9 Å². The smallest absolute Gasteiger partial charge is 0.274 e. The molecule has 0 spiro atoms. The van der Waals surface area contributed by atoms with Crippen LogP contribution >= 0.6 is 0 Å². The lowest BCUT2D eigenvalue weighted by Gasteiger charge is -2.33. The van der Waals surface area contributed by atoms with E-state index in [1.807, 2.05) is 0 Å². The van der Waals surface area contributed by atoms with Crippen LogP contribution in [0.2, 0.25) is 0 Å². The monoisotopic (exact) mass is 375 g/mol. The third-order valence-corrected chi connectivity index (χ3v) is 6.15. The standard InChI is InChI=1S/C15H17N7O3S/c1-19-11-12(10-17-19)26(24,25)21-7-5-20(6-8-21)15(23)13-9-14-16-3-2-4-22(14)18-13/h2-4,9-11H,5-8H2,1H3. The Morgan fingerprint density at radius 2 is 1.96 bits per heavy atom. The van der Waals surface area contributed by atoms with Gasteiger partial charge in [0.15, 0.2) is 11.3 Å². The molecule has 0 atom stereocenters. The van der Waals surface area contributed by atoms with Crippen LogP contribution in [0, 0.1) is 0 Å². The van der Waals surface area contributed by atoms with Gasteiger partial charge < -0.3 is 4.90 Å². The molecule has 4 rings (SSSR count). The van der Waals surface area contributed by atoms with E-state index in [1.54, 1.807) is 36.5 Å². The van der Waals surface area contributed by atoms with Gasteiger partial charge in [-0.25, -0.2) is 17.9 Å². The highest BCUT2D eigenvalue weighted by Gasteiger charge is 2.31. The molecule has 10 nitrogen and oxygen atoms in total. The molecule has 3 aromatic rings. The van der Waals surface area contributed by atoms with E-state index in [9.17, 15) is 13.2 Å². The lowest BCUT2D eigenvalue weighted by Crippen LogP contribution is -2.50. The SMILES string of the molecule is Cn1cc(S(=O)(=O)N2CCN(C(=O)c3cc4ncccn4n3)CC2)cn1. The summed E-state index contributed by atoms with van der Waals surface area (Å²) in [5, 5.41) is 8.14. The van der Waals surface area contributed by atoms with E-state index in [2.05, 4.69) is 15.2 Å². The van der Waals surface area contributed by atoms with Gasteiger partial charge in [-0.15, -0.1) is 0 Å². The zero-order valence-electron chi connectivity index (χ0n) is 14.1. The molecule has 0 N–H and O–H groups in total. The van der Waals surface area contributed by atoms with Crippen molar-refractivity contribution in [3.63, 3.8) is 0 Å². The van der Waals surface area contributed by atoms with Crippen molar-refractivity contribution in [2.45, 2.75) is 4.90 Å². The number of amides is 1. The zero-order valence-corrected chi connectivity index (χ0v) is 14.9. The van der Waals surface area contributed by atoms with Gasteiger partial charge in [-0.2, -0.15) is 14.5 Å². The second-order valence-electron chi connectivity index (χ2n) is 6.00. The highest BCUT2D eigenvalue weighted by molar-refractivity contribution is 7.89. The molecular formula is C15H17N7O3S. The van der Waals surface area contributed by atoms with Crippen molar-refractivity contribution in [2.24, 2.45) is 7.05 Å². The van der Waals surface area contributed by atoms with Gasteiger partial charge in [-0.05, 0) is 6.07 Å². The first-order valence-electron chi connectivity index (χ1n) is 8.03. The lowest BCUT2D eigenvalue weighted by molar-refractivity contribution is 0.0691. The predicted octanol–water partition coefficient (Wildman–Crippen LogP) is -0.390. The highest BCUT2D eigenvalue weighted by Crippen LogP contribution is 2.17. The van der Waals surface area contributed by atoms with Gasteiger partial charge in [0, 0.05) is 57.9 Å². The van der Waals surface area contributed by atoms with Crippen LogP contribution in [0.15, 0.2) is 41.8 Å². The van der Waals surface area contributed by atoms with Crippen molar-refractivity contribution in [3.05, 3.63) is 42.6 Å². The molecule has 0 saturated carbocycles. The number of carbonyl (C=O) groups excluding carboxylic acids is 1. The number of nitrogens with zero attached hydrogens (tertiary/aromatic N) is 7. The van der Waals surface area contributed by atoms with Crippen molar-refractivity contribution in [1.82, 2.24) is 33.6 Å². The molecule has 0 radical (unpaired) electrons. The minimum Gasteiger partial charge on any atom is -0.335 e. The number of sulfonamides is 1. The Morgan fingerprint density at radius 1 is 1.19 bits per heavy atom. The summed E-state index contributed by atoms with van der Waals surface area (Å²) in [4.78, 5) is 18.6. The number of rotatable bonds is 3. The number of aryl methyl sites for hydroxylation is 1. The summed E-state index contributed by atoms with van der Waals surface area (Å²) in [5.41, 5.74) is 0.890. The summed E-state index contributed by atoms with van der Waals surface area (Å²) in [6, 6.07) is 3.36. The Kier molecular flexibility index (Phi) is 3.96. The average molecular weight is 375 g/mol. The van der Waals surface area contributed by atoms with Crippen LogP contribution in [0.4, 0.5) is 0 Å². The molecule has 0 bridgehead atoms. The predicted molar refractivity (Wildman–Crippen MR) is 90.9 cm³/mol. The van der Waals surface area contributed by atoms with Gasteiger partial charge in [0.2, 0.25) is 10.0 Å². The van der Waals surface area contributed by atoms with E-state index >= 15 is 0 Å². The third kappa shape index (κ3) is 2.84. The fourth-order valence-corrected chi connectivity index (χ4v) is 4.32.